The molecule has 0 fully saturated rings. The van der Waals surface area contributed by atoms with Gasteiger partial charge in [0.25, 0.3) is 0 Å². The summed E-state index contributed by atoms with van der Waals surface area (Å²) in [5, 5.41) is 8.82. The summed E-state index contributed by atoms with van der Waals surface area (Å²) < 4.78 is 5.05. The summed E-state index contributed by atoms with van der Waals surface area (Å²) >= 11 is 5.66. The zero-order chi connectivity index (χ0) is 9.30. The molecule has 0 spiro atoms. The van der Waals surface area contributed by atoms with Crippen LogP contribution in [0, 0.1) is 13.8 Å². The van der Waals surface area contributed by atoms with Gasteiger partial charge in [-0.3, -0.25) is 4.79 Å². The summed E-state index contributed by atoms with van der Waals surface area (Å²) in [6, 6.07) is 0. The molecule has 1 rings (SSSR count). The van der Waals surface area contributed by atoms with Crippen LogP contribution in [0.4, 0.5) is 0 Å². The molecular weight excluding hydrogens is 180 g/mol. The van der Waals surface area contributed by atoms with Crippen LogP contribution in [0.3, 0.4) is 0 Å². The summed E-state index contributed by atoms with van der Waals surface area (Å²) in [6.45, 7) is 3.45. The predicted molar refractivity (Wildman–Crippen MR) is 44.5 cm³/mol. The van der Waals surface area contributed by atoms with Gasteiger partial charge in [-0.05, 0) is 25.4 Å². The van der Waals surface area contributed by atoms with Gasteiger partial charge in [-0.1, -0.05) is 0 Å². The molecule has 66 valence electrons. The van der Waals surface area contributed by atoms with Crippen molar-refractivity contribution in [2.24, 2.45) is 0 Å². The standard InChI is InChI=1S/C8H9ClO3/c1-4-6(3-7(10)11)5(2)12-8(4)9/h3H2,1-2H3,(H,10,11). The third kappa shape index (κ3) is 1.61. The van der Waals surface area contributed by atoms with E-state index in [2.05, 4.69) is 0 Å². The Morgan fingerprint density at radius 2 is 2.17 bits per heavy atom. The van der Waals surface area contributed by atoms with Crippen molar-refractivity contribution < 1.29 is 14.3 Å². The number of carboxylic acids is 1. The van der Waals surface area contributed by atoms with Crippen LogP contribution in [-0.4, -0.2) is 11.1 Å². The highest BCUT2D eigenvalue weighted by atomic mass is 35.5. The summed E-state index contributed by atoms with van der Waals surface area (Å²) in [6.07, 6.45) is -0.0338. The predicted octanol–water partition coefficient (Wildman–Crippen LogP) is 2.18. The Balaban J connectivity index is 3.05. The fourth-order valence-corrected chi connectivity index (χ4v) is 1.29. The first-order valence-electron chi connectivity index (χ1n) is 3.48. The molecule has 0 amide bonds. The maximum Gasteiger partial charge on any atom is 0.307 e. The number of furan rings is 1. The smallest absolute Gasteiger partial charge is 0.307 e. The van der Waals surface area contributed by atoms with E-state index >= 15 is 0 Å². The lowest BCUT2D eigenvalue weighted by atomic mass is 10.1. The minimum Gasteiger partial charge on any atom is -0.481 e. The lowest BCUT2D eigenvalue weighted by molar-refractivity contribution is -0.136. The van der Waals surface area contributed by atoms with Crippen LogP contribution in [0.5, 0.6) is 0 Å². The SMILES string of the molecule is Cc1oc(Cl)c(C)c1CC(=O)O. The van der Waals surface area contributed by atoms with E-state index in [-0.39, 0.29) is 11.6 Å². The summed E-state index contributed by atoms with van der Waals surface area (Å²) in [5.74, 6) is -0.293. The zero-order valence-corrected chi connectivity index (χ0v) is 7.60. The number of hydrogen-bond acceptors (Lipinski definition) is 2. The van der Waals surface area contributed by atoms with Crippen molar-refractivity contribution >= 4 is 17.6 Å². The van der Waals surface area contributed by atoms with Crippen molar-refractivity contribution in [1.29, 1.82) is 0 Å². The highest BCUT2D eigenvalue weighted by Crippen LogP contribution is 2.25. The monoisotopic (exact) mass is 188 g/mol. The fraction of sp³-hybridized carbons (Fsp3) is 0.375. The highest BCUT2D eigenvalue weighted by molar-refractivity contribution is 6.29. The van der Waals surface area contributed by atoms with Gasteiger partial charge in [0, 0.05) is 11.1 Å². The number of aliphatic carboxylic acids is 1. The maximum atomic E-state index is 10.4. The largest absolute Gasteiger partial charge is 0.481 e. The summed E-state index contributed by atoms with van der Waals surface area (Å²) in [7, 11) is 0. The first-order chi connectivity index (χ1) is 5.52. The van der Waals surface area contributed by atoms with E-state index in [0.717, 1.165) is 5.56 Å². The van der Waals surface area contributed by atoms with Gasteiger partial charge in [-0.2, -0.15) is 0 Å². The van der Waals surface area contributed by atoms with Crippen LogP contribution >= 0.6 is 11.6 Å². The van der Waals surface area contributed by atoms with Crippen LogP contribution in [0.15, 0.2) is 4.42 Å². The molecule has 1 aromatic heterocycles. The lowest BCUT2D eigenvalue weighted by Gasteiger charge is -1.93. The van der Waals surface area contributed by atoms with E-state index in [1.807, 2.05) is 0 Å². The topological polar surface area (TPSA) is 50.4 Å². The average molecular weight is 189 g/mol. The minimum absolute atomic E-state index is 0.0338. The fourth-order valence-electron chi connectivity index (χ4n) is 1.06. The molecule has 0 saturated heterocycles. The molecule has 0 bridgehead atoms. The third-order valence-corrected chi connectivity index (χ3v) is 2.10. The van der Waals surface area contributed by atoms with Crippen LogP contribution in [0.2, 0.25) is 5.22 Å². The molecule has 0 aliphatic carbocycles. The van der Waals surface area contributed by atoms with Gasteiger partial charge >= 0.3 is 5.97 Å². The van der Waals surface area contributed by atoms with Crippen molar-refractivity contribution in [3.63, 3.8) is 0 Å². The first-order valence-corrected chi connectivity index (χ1v) is 3.86. The summed E-state index contributed by atoms with van der Waals surface area (Å²) in [4.78, 5) is 10.4. The molecule has 4 heteroatoms. The van der Waals surface area contributed by atoms with Crippen LogP contribution in [-0.2, 0) is 11.2 Å². The minimum atomic E-state index is -0.876. The quantitative estimate of drug-likeness (QED) is 0.774. The van der Waals surface area contributed by atoms with Crippen molar-refractivity contribution in [2.45, 2.75) is 20.3 Å². The molecule has 0 radical (unpaired) electrons. The van der Waals surface area contributed by atoms with Gasteiger partial charge in [0.1, 0.15) is 5.76 Å². The normalized spacial score (nSPS) is 10.2. The number of aryl methyl sites for hydroxylation is 1. The Kier molecular flexibility index (Phi) is 2.43. The Bertz CT molecular complexity index is 314. The third-order valence-electron chi connectivity index (χ3n) is 1.74. The Morgan fingerprint density at radius 1 is 1.58 bits per heavy atom. The maximum absolute atomic E-state index is 10.4. The van der Waals surface area contributed by atoms with Crippen molar-refractivity contribution in [2.75, 3.05) is 0 Å². The number of carbonyl (C=O) groups is 1. The van der Waals surface area contributed by atoms with Gasteiger partial charge < -0.3 is 9.52 Å². The van der Waals surface area contributed by atoms with E-state index in [1.165, 1.54) is 0 Å². The van der Waals surface area contributed by atoms with Crippen LogP contribution in [0.25, 0.3) is 0 Å². The van der Waals surface area contributed by atoms with Gasteiger partial charge in [-0.25, -0.2) is 0 Å². The van der Waals surface area contributed by atoms with E-state index in [1.54, 1.807) is 13.8 Å². The first kappa shape index (κ1) is 9.13. The second-order valence-corrected chi connectivity index (χ2v) is 2.95. The molecule has 3 nitrogen and oxygen atoms in total. The van der Waals surface area contributed by atoms with E-state index in [0.29, 0.717) is 11.3 Å². The molecule has 0 unspecified atom stereocenters. The molecule has 1 aromatic rings. The number of hydrogen-bond donors (Lipinski definition) is 1. The number of halogens is 1. The van der Waals surface area contributed by atoms with Crippen molar-refractivity contribution in [3.05, 3.63) is 22.1 Å². The molecule has 0 aromatic carbocycles. The zero-order valence-electron chi connectivity index (χ0n) is 6.85. The summed E-state index contributed by atoms with van der Waals surface area (Å²) in [5.41, 5.74) is 1.39. The van der Waals surface area contributed by atoms with E-state index in [4.69, 9.17) is 21.1 Å². The number of rotatable bonds is 2. The molecule has 0 atom stereocenters. The van der Waals surface area contributed by atoms with Gasteiger partial charge in [0.2, 0.25) is 0 Å². The molecule has 1 heterocycles. The highest BCUT2D eigenvalue weighted by Gasteiger charge is 2.14. The second kappa shape index (κ2) is 3.19. The Labute approximate surface area is 74.9 Å². The van der Waals surface area contributed by atoms with E-state index in [9.17, 15) is 4.79 Å². The Morgan fingerprint density at radius 3 is 2.50 bits per heavy atom. The van der Waals surface area contributed by atoms with Gasteiger partial charge in [-0.15, -0.1) is 0 Å². The lowest BCUT2D eigenvalue weighted by Crippen LogP contribution is -2.01. The molecule has 12 heavy (non-hydrogen) atoms. The van der Waals surface area contributed by atoms with Crippen molar-refractivity contribution in [3.8, 4) is 0 Å². The van der Waals surface area contributed by atoms with Gasteiger partial charge in [0.15, 0.2) is 5.22 Å². The van der Waals surface area contributed by atoms with Crippen LogP contribution in [0.1, 0.15) is 16.9 Å². The second-order valence-electron chi connectivity index (χ2n) is 2.61. The van der Waals surface area contributed by atoms with E-state index < -0.39 is 5.97 Å². The van der Waals surface area contributed by atoms with Crippen molar-refractivity contribution in [1.82, 2.24) is 0 Å². The molecule has 0 aliphatic heterocycles. The molecular formula is C8H9ClO3. The molecule has 0 aliphatic rings. The Hall–Kier alpha value is -0.960. The average Bonchev–Trinajstić information content (AvgIpc) is 2.16. The van der Waals surface area contributed by atoms with Crippen LogP contribution < -0.4 is 0 Å². The number of carboxylic acid groups (broad SMARTS) is 1. The molecule has 0 saturated carbocycles. The molecule has 1 N–H and O–H groups in total. The van der Waals surface area contributed by atoms with Gasteiger partial charge in [0.05, 0.1) is 6.42 Å².